The zero-order valence-electron chi connectivity index (χ0n) is 10.0. The van der Waals surface area contributed by atoms with E-state index in [1.165, 1.54) is 12.8 Å². The van der Waals surface area contributed by atoms with Crippen LogP contribution in [-0.2, 0) is 0 Å². The van der Waals surface area contributed by atoms with E-state index in [4.69, 9.17) is 10.3 Å². The van der Waals surface area contributed by atoms with Gasteiger partial charge in [0.1, 0.15) is 0 Å². The van der Waals surface area contributed by atoms with Gasteiger partial charge in [-0.3, -0.25) is 0 Å². The van der Waals surface area contributed by atoms with Gasteiger partial charge in [0.05, 0.1) is 6.04 Å². The molecule has 0 radical (unpaired) electrons. The molecule has 0 aromatic carbocycles. The third-order valence-electron chi connectivity index (χ3n) is 3.36. The van der Waals surface area contributed by atoms with Crippen molar-refractivity contribution in [3.05, 3.63) is 5.89 Å². The molecular formula is C11H20N4O. The highest BCUT2D eigenvalue weighted by atomic mass is 16.5. The van der Waals surface area contributed by atoms with Crippen molar-refractivity contribution in [2.45, 2.75) is 39.2 Å². The zero-order chi connectivity index (χ0) is 11.5. The molecule has 0 spiro atoms. The standard InChI is InChI=1S/C11H20N4O/c1-3-8(2)9(12)10-13-11(14-16-10)15-6-4-5-7-15/h8-9H,3-7,12H2,1-2H3. The summed E-state index contributed by atoms with van der Waals surface area (Å²) in [7, 11) is 0. The molecule has 1 saturated heterocycles. The second kappa shape index (κ2) is 4.82. The number of aromatic nitrogens is 2. The van der Waals surface area contributed by atoms with Crippen LogP contribution in [0.1, 0.15) is 45.0 Å². The quantitative estimate of drug-likeness (QED) is 0.843. The van der Waals surface area contributed by atoms with Crippen LogP contribution in [0.3, 0.4) is 0 Å². The SMILES string of the molecule is CCC(C)C(N)c1nc(N2CCCC2)no1. The third-order valence-corrected chi connectivity index (χ3v) is 3.36. The molecule has 2 unspecified atom stereocenters. The van der Waals surface area contributed by atoms with Crippen LogP contribution >= 0.6 is 0 Å². The van der Waals surface area contributed by atoms with E-state index >= 15 is 0 Å². The van der Waals surface area contributed by atoms with Crippen molar-refractivity contribution in [2.75, 3.05) is 18.0 Å². The minimum Gasteiger partial charge on any atom is -0.338 e. The molecule has 1 aromatic heterocycles. The second-order valence-corrected chi connectivity index (χ2v) is 4.54. The van der Waals surface area contributed by atoms with Crippen LogP contribution in [0.5, 0.6) is 0 Å². The van der Waals surface area contributed by atoms with Gasteiger partial charge in [0.15, 0.2) is 0 Å². The second-order valence-electron chi connectivity index (χ2n) is 4.54. The van der Waals surface area contributed by atoms with Gasteiger partial charge in [-0.05, 0) is 23.9 Å². The monoisotopic (exact) mass is 224 g/mol. The van der Waals surface area contributed by atoms with Crippen LogP contribution in [0.4, 0.5) is 5.95 Å². The van der Waals surface area contributed by atoms with E-state index in [-0.39, 0.29) is 6.04 Å². The van der Waals surface area contributed by atoms with Crippen LogP contribution in [0, 0.1) is 5.92 Å². The van der Waals surface area contributed by atoms with Crippen LogP contribution in [-0.4, -0.2) is 23.2 Å². The number of hydrogen-bond acceptors (Lipinski definition) is 5. The number of nitrogens with two attached hydrogens (primary N) is 1. The molecule has 2 N–H and O–H groups in total. The Bertz CT molecular complexity index is 332. The van der Waals surface area contributed by atoms with E-state index < -0.39 is 0 Å². The Morgan fingerprint density at radius 1 is 1.44 bits per heavy atom. The maximum atomic E-state index is 6.05. The summed E-state index contributed by atoms with van der Waals surface area (Å²) in [5.74, 6) is 1.63. The topological polar surface area (TPSA) is 68.2 Å². The van der Waals surface area contributed by atoms with Crippen molar-refractivity contribution >= 4 is 5.95 Å². The van der Waals surface area contributed by atoms with Gasteiger partial charge in [0, 0.05) is 13.1 Å². The summed E-state index contributed by atoms with van der Waals surface area (Å²) >= 11 is 0. The summed E-state index contributed by atoms with van der Waals surface area (Å²) in [6, 6.07) is -0.145. The first-order chi connectivity index (χ1) is 7.72. The highest BCUT2D eigenvalue weighted by Gasteiger charge is 2.23. The largest absolute Gasteiger partial charge is 0.338 e. The van der Waals surface area contributed by atoms with Gasteiger partial charge < -0.3 is 15.2 Å². The fourth-order valence-corrected chi connectivity index (χ4v) is 1.91. The van der Waals surface area contributed by atoms with Gasteiger partial charge in [0.2, 0.25) is 5.89 Å². The van der Waals surface area contributed by atoms with E-state index in [0.29, 0.717) is 17.8 Å². The fraction of sp³-hybridized carbons (Fsp3) is 0.818. The van der Waals surface area contributed by atoms with Crippen LogP contribution < -0.4 is 10.6 Å². The Kier molecular flexibility index (Phi) is 3.43. The molecule has 16 heavy (non-hydrogen) atoms. The van der Waals surface area contributed by atoms with Crippen molar-refractivity contribution in [3.63, 3.8) is 0 Å². The average molecular weight is 224 g/mol. The molecule has 2 atom stereocenters. The van der Waals surface area contributed by atoms with Gasteiger partial charge >= 0.3 is 0 Å². The number of nitrogens with zero attached hydrogens (tertiary/aromatic N) is 3. The molecule has 1 fully saturated rings. The van der Waals surface area contributed by atoms with E-state index in [0.717, 1.165) is 19.5 Å². The maximum Gasteiger partial charge on any atom is 0.266 e. The predicted molar refractivity (Wildman–Crippen MR) is 62.1 cm³/mol. The first kappa shape index (κ1) is 11.4. The van der Waals surface area contributed by atoms with E-state index in [9.17, 15) is 0 Å². The van der Waals surface area contributed by atoms with Crippen molar-refractivity contribution in [3.8, 4) is 0 Å². The third kappa shape index (κ3) is 2.19. The normalized spacial score (nSPS) is 20.1. The van der Waals surface area contributed by atoms with Crippen LogP contribution in [0.2, 0.25) is 0 Å². The fourth-order valence-electron chi connectivity index (χ4n) is 1.91. The van der Waals surface area contributed by atoms with Gasteiger partial charge in [-0.2, -0.15) is 4.98 Å². The van der Waals surface area contributed by atoms with E-state index in [2.05, 4.69) is 28.9 Å². The summed E-state index contributed by atoms with van der Waals surface area (Å²) in [5.41, 5.74) is 6.05. The van der Waals surface area contributed by atoms with Gasteiger partial charge in [-0.25, -0.2) is 0 Å². The summed E-state index contributed by atoms with van der Waals surface area (Å²) in [4.78, 5) is 6.53. The molecule has 2 rings (SSSR count). The first-order valence-electron chi connectivity index (χ1n) is 6.06. The Morgan fingerprint density at radius 2 is 2.12 bits per heavy atom. The van der Waals surface area contributed by atoms with Gasteiger partial charge in [-0.15, -0.1) is 0 Å². The first-order valence-corrected chi connectivity index (χ1v) is 6.06. The highest BCUT2D eigenvalue weighted by Crippen LogP contribution is 2.23. The molecule has 0 bridgehead atoms. The maximum absolute atomic E-state index is 6.05. The van der Waals surface area contributed by atoms with Crippen molar-refractivity contribution < 1.29 is 4.52 Å². The van der Waals surface area contributed by atoms with Crippen molar-refractivity contribution in [2.24, 2.45) is 11.7 Å². The Balaban J connectivity index is 2.06. The molecule has 5 heteroatoms. The molecule has 0 saturated carbocycles. The summed E-state index contributed by atoms with van der Waals surface area (Å²) in [6.45, 7) is 6.27. The average Bonchev–Trinajstić information content (AvgIpc) is 2.96. The smallest absolute Gasteiger partial charge is 0.266 e. The van der Waals surface area contributed by atoms with Crippen LogP contribution in [0.25, 0.3) is 0 Å². The summed E-state index contributed by atoms with van der Waals surface area (Å²) in [5, 5.41) is 4.00. The van der Waals surface area contributed by atoms with Crippen LogP contribution in [0.15, 0.2) is 4.52 Å². The lowest BCUT2D eigenvalue weighted by atomic mass is 10.0. The highest BCUT2D eigenvalue weighted by molar-refractivity contribution is 5.29. The summed E-state index contributed by atoms with van der Waals surface area (Å²) < 4.78 is 5.23. The number of anilines is 1. The zero-order valence-corrected chi connectivity index (χ0v) is 10.0. The van der Waals surface area contributed by atoms with Gasteiger partial charge in [-0.1, -0.05) is 20.3 Å². The minimum absolute atomic E-state index is 0.145. The molecular weight excluding hydrogens is 204 g/mol. The number of rotatable bonds is 4. The lowest BCUT2D eigenvalue weighted by Crippen LogP contribution is -2.21. The Morgan fingerprint density at radius 3 is 2.75 bits per heavy atom. The van der Waals surface area contributed by atoms with Crippen molar-refractivity contribution in [1.29, 1.82) is 0 Å². The minimum atomic E-state index is -0.145. The van der Waals surface area contributed by atoms with E-state index in [1.807, 2.05) is 0 Å². The van der Waals surface area contributed by atoms with E-state index in [1.54, 1.807) is 0 Å². The molecule has 1 aliphatic heterocycles. The van der Waals surface area contributed by atoms with Crippen molar-refractivity contribution in [1.82, 2.24) is 10.1 Å². The Labute approximate surface area is 96.0 Å². The Hall–Kier alpha value is -1.10. The molecule has 1 aromatic rings. The predicted octanol–water partition coefficient (Wildman–Crippen LogP) is 1.72. The lowest BCUT2D eigenvalue weighted by molar-refractivity contribution is 0.312. The molecule has 1 aliphatic rings. The summed E-state index contributed by atoms with van der Waals surface area (Å²) in [6.07, 6.45) is 3.44. The molecule has 0 aliphatic carbocycles. The molecule has 0 amide bonds. The molecule has 90 valence electrons. The molecule has 2 heterocycles. The number of hydrogen-bond donors (Lipinski definition) is 1. The lowest BCUT2D eigenvalue weighted by Gasteiger charge is -2.13. The molecule has 5 nitrogen and oxygen atoms in total. The van der Waals surface area contributed by atoms with Gasteiger partial charge in [0.25, 0.3) is 5.95 Å².